The molecule has 0 bridgehead atoms. The summed E-state index contributed by atoms with van der Waals surface area (Å²) in [5, 5.41) is 0. The minimum atomic E-state index is -0.458. The van der Waals surface area contributed by atoms with Crippen LogP contribution in [0.1, 0.15) is 36.5 Å². The zero-order chi connectivity index (χ0) is 15.0. The Morgan fingerprint density at radius 2 is 2.14 bits per heavy atom. The highest BCUT2D eigenvalue weighted by atomic mass is 79.9. The molecule has 1 aromatic carbocycles. The summed E-state index contributed by atoms with van der Waals surface area (Å²) in [4.78, 5) is 17.0. The third-order valence-electron chi connectivity index (χ3n) is 4.63. The average molecular weight is 355 g/mol. The minimum Gasteiger partial charge on any atom is -0.333 e. The Morgan fingerprint density at radius 1 is 1.33 bits per heavy atom. The van der Waals surface area contributed by atoms with Gasteiger partial charge in [0.1, 0.15) is 5.82 Å². The molecule has 2 saturated heterocycles. The summed E-state index contributed by atoms with van der Waals surface area (Å²) >= 11 is 3.15. The first kappa shape index (κ1) is 15.0. The van der Waals surface area contributed by atoms with Gasteiger partial charge in [-0.05, 0) is 54.4 Å². The molecule has 0 N–H and O–H groups in total. The predicted octanol–water partition coefficient (Wildman–Crippen LogP) is 3.29. The molecule has 0 spiro atoms. The van der Waals surface area contributed by atoms with Crippen LogP contribution in [0.4, 0.5) is 4.39 Å². The molecule has 3 nitrogen and oxygen atoms in total. The van der Waals surface area contributed by atoms with E-state index in [-0.39, 0.29) is 17.5 Å². The number of benzene rings is 1. The van der Waals surface area contributed by atoms with Crippen LogP contribution in [0.2, 0.25) is 0 Å². The van der Waals surface area contributed by atoms with E-state index in [2.05, 4.69) is 27.8 Å². The van der Waals surface area contributed by atoms with Crippen molar-refractivity contribution in [1.29, 1.82) is 0 Å². The van der Waals surface area contributed by atoms with E-state index in [4.69, 9.17) is 0 Å². The molecule has 0 radical (unpaired) electrons. The molecule has 2 heterocycles. The number of carbonyl (C=O) groups excluding carboxylic acids is 1. The van der Waals surface area contributed by atoms with Crippen molar-refractivity contribution in [3.63, 3.8) is 0 Å². The fourth-order valence-corrected chi connectivity index (χ4v) is 3.83. The second kappa shape index (κ2) is 6.05. The van der Waals surface area contributed by atoms with Gasteiger partial charge in [0.2, 0.25) is 0 Å². The Kier molecular flexibility index (Phi) is 4.31. The van der Waals surface area contributed by atoms with Gasteiger partial charge in [-0.2, -0.15) is 0 Å². The molecule has 114 valence electrons. The Hall–Kier alpha value is -0.940. The van der Waals surface area contributed by atoms with Gasteiger partial charge in [0.25, 0.3) is 5.91 Å². The van der Waals surface area contributed by atoms with E-state index < -0.39 is 5.82 Å². The Labute approximate surface area is 133 Å². The van der Waals surface area contributed by atoms with E-state index in [1.54, 1.807) is 18.2 Å². The van der Waals surface area contributed by atoms with Crippen molar-refractivity contribution in [1.82, 2.24) is 9.80 Å². The third kappa shape index (κ3) is 2.86. The van der Waals surface area contributed by atoms with Gasteiger partial charge in [0, 0.05) is 25.2 Å². The second-order valence-electron chi connectivity index (χ2n) is 6.05. The van der Waals surface area contributed by atoms with Gasteiger partial charge in [0.05, 0.1) is 10.0 Å². The number of halogens is 2. The monoisotopic (exact) mass is 354 g/mol. The Balaban J connectivity index is 1.82. The van der Waals surface area contributed by atoms with Crippen LogP contribution in [0.25, 0.3) is 0 Å². The maximum atomic E-state index is 14.2. The molecule has 1 amide bonds. The van der Waals surface area contributed by atoms with Gasteiger partial charge >= 0.3 is 0 Å². The smallest absolute Gasteiger partial charge is 0.257 e. The first-order valence-corrected chi connectivity index (χ1v) is 8.36. The van der Waals surface area contributed by atoms with Gasteiger partial charge in [-0.3, -0.25) is 9.69 Å². The normalized spacial score (nSPS) is 26.5. The fraction of sp³-hybridized carbons (Fsp3) is 0.562. The SMILES string of the molecule is CC1CN2CCCCC2CN1C(=O)c1cccc(Br)c1F. The van der Waals surface area contributed by atoms with Crippen LogP contribution >= 0.6 is 15.9 Å². The van der Waals surface area contributed by atoms with Crippen molar-refractivity contribution in [2.24, 2.45) is 0 Å². The number of nitrogens with zero attached hydrogens (tertiary/aromatic N) is 2. The number of amides is 1. The molecule has 3 rings (SSSR count). The highest BCUT2D eigenvalue weighted by Crippen LogP contribution is 2.27. The van der Waals surface area contributed by atoms with Gasteiger partial charge < -0.3 is 4.90 Å². The number of rotatable bonds is 1. The van der Waals surface area contributed by atoms with Crippen molar-refractivity contribution in [2.45, 2.75) is 38.3 Å². The lowest BCUT2D eigenvalue weighted by Crippen LogP contribution is -2.60. The van der Waals surface area contributed by atoms with E-state index in [9.17, 15) is 9.18 Å². The first-order chi connectivity index (χ1) is 10.1. The van der Waals surface area contributed by atoms with Crippen LogP contribution in [-0.4, -0.2) is 47.4 Å². The largest absolute Gasteiger partial charge is 0.333 e. The van der Waals surface area contributed by atoms with Crippen LogP contribution in [0.3, 0.4) is 0 Å². The lowest BCUT2D eigenvalue weighted by atomic mass is 9.96. The molecular formula is C16H20BrFN2O. The van der Waals surface area contributed by atoms with E-state index in [0.717, 1.165) is 19.5 Å². The van der Waals surface area contributed by atoms with E-state index >= 15 is 0 Å². The summed E-state index contributed by atoms with van der Waals surface area (Å²) in [5.41, 5.74) is 0.167. The Morgan fingerprint density at radius 3 is 2.95 bits per heavy atom. The summed E-state index contributed by atoms with van der Waals surface area (Å²) in [6, 6.07) is 5.47. The lowest BCUT2D eigenvalue weighted by molar-refractivity contribution is 0.0149. The molecule has 0 aromatic heterocycles. The van der Waals surface area contributed by atoms with E-state index in [1.165, 1.54) is 12.8 Å². The van der Waals surface area contributed by atoms with Crippen LogP contribution < -0.4 is 0 Å². The number of carbonyl (C=O) groups is 1. The molecule has 2 unspecified atom stereocenters. The third-order valence-corrected chi connectivity index (χ3v) is 5.24. The quantitative estimate of drug-likeness (QED) is 0.772. The maximum absolute atomic E-state index is 14.2. The number of piperazine rings is 1. The molecule has 0 saturated carbocycles. The number of hydrogen-bond acceptors (Lipinski definition) is 2. The van der Waals surface area contributed by atoms with Gasteiger partial charge in [0.15, 0.2) is 0 Å². The molecule has 1 aromatic rings. The van der Waals surface area contributed by atoms with Crippen LogP contribution in [0.5, 0.6) is 0 Å². The van der Waals surface area contributed by atoms with Gasteiger partial charge in [-0.1, -0.05) is 12.5 Å². The molecule has 2 fully saturated rings. The highest BCUT2D eigenvalue weighted by Gasteiger charge is 2.36. The van der Waals surface area contributed by atoms with Crippen LogP contribution in [0, 0.1) is 5.82 Å². The number of piperidine rings is 1. The van der Waals surface area contributed by atoms with Gasteiger partial charge in [-0.15, -0.1) is 0 Å². The first-order valence-electron chi connectivity index (χ1n) is 7.57. The highest BCUT2D eigenvalue weighted by molar-refractivity contribution is 9.10. The fourth-order valence-electron chi connectivity index (χ4n) is 3.46. The number of fused-ring (bicyclic) bond motifs is 1. The van der Waals surface area contributed by atoms with Crippen LogP contribution in [-0.2, 0) is 0 Å². The molecule has 2 atom stereocenters. The zero-order valence-corrected chi connectivity index (χ0v) is 13.8. The van der Waals surface area contributed by atoms with Gasteiger partial charge in [-0.25, -0.2) is 4.39 Å². The molecular weight excluding hydrogens is 335 g/mol. The summed E-state index contributed by atoms with van der Waals surface area (Å²) in [6.45, 7) is 4.79. The predicted molar refractivity (Wildman–Crippen MR) is 83.8 cm³/mol. The molecule has 5 heteroatoms. The van der Waals surface area contributed by atoms with Crippen molar-refractivity contribution in [3.8, 4) is 0 Å². The molecule has 2 aliphatic heterocycles. The van der Waals surface area contributed by atoms with Crippen molar-refractivity contribution < 1.29 is 9.18 Å². The summed E-state index contributed by atoms with van der Waals surface area (Å²) < 4.78 is 14.5. The Bertz CT molecular complexity index is 551. The average Bonchev–Trinajstić information content (AvgIpc) is 2.48. The topological polar surface area (TPSA) is 23.6 Å². The lowest BCUT2D eigenvalue weighted by Gasteiger charge is -2.47. The van der Waals surface area contributed by atoms with Crippen molar-refractivity contribution in [2.75, 3.05) is 19.6 Å². The van der Waals surface area contributed by atoms with Crippen molar-refractivity contribution >= 4 is 21.8 Å². The second-order valence-corrected chi connectivity index (χ2v) is 6.91. The van der Waals surface area contributed by atoms with E-state index in [1.807, 2.05) is 4.90 Å². The summed E-state index contributed by atoms with van der Waals surface area (Å²) in [7, 11) is 0. The maximum Gasteiger partial charge on any atom is 0.257 e. The standard InChI is InChI=1S/C16H20BrFN2O/c1-11-9-19-8-3-2-5-12(19)10-20(11)16(21)13-6-4-7-14(17)15(13)18/h4,6-7,11-12H,2-3,5,8-10H2,1H3. The van der Waals surface area contributed by atoms with Crippen molar-refractivity contribution in [3.05, 3.63) is 34.1 Å². The summed E-state index contributed by atoms with van der Waals surface area (Å²) in [6.07, 6.45) is 3.61. The van der Waals surface area contributed by atoms with E-state index in [0.29, 0.717) is 17.1 Å². The summed E-state index contributed by atoms with van der Waals surface area (Å²) in [5.74, 6) is -0.646. The molecule has 21 heavy (non-hydrogen) atoms. The minimum absolute atomic E-state index is 0.130. The van der Waals surface area contributed by atoms with Crippen LogP contribution in [0.15, 0.2) is 22.7 Å². The molecule has 2 aliphatic rings. The number of hydrogen-bond donors (Lipinski definition) is 0. The zero-order valence-electron chi connectivity index (χ0n) is 12.2. The molecule has 0 aliphatic carbocycles.